The molecule has 3 rings (SSSR count). The molecule has 2 N–H and O–H groups in total. The lowest BCUT2D eigenvalue weighted by Gasteiger charge is -2.44. The molecular formula is C23H37N3O4S. The molecule has 0 aromatic heterocycles. The van der Waals surface area contributed by atoms with Crippen LogP contribution in [-0.2, 0) is 4.79 Å². The van der Waals surface area contributed by atoms with Crippen LogP contribution in [0.5, 0.6) is 5.75 Å². The van der Waals surface area contributed by atoms with Crippen LogP contribution in [-0.4, -0.2) is 76.9 Å². The van der Waals surface area contributed by atoms with Gasteiger partial charge < -0.3 is 19.6 Å². The van der Waals surface area contributed by atoms with Gasteiger partial charge in [-0.05, 0) is 43.9 Å². The quantitative estimate of drug-likeness (QED) is 0.624. The Bertz CT molecular complexity index is 681. The van der Waals surface area contributed by atoms with Crippen molar-refractivity contribution < 1.29 is 19.4 Å². The van der Waals surface area contributed by atoms with E-state index in [4.69, 9.17) is 9.84 Å². The zero-order valence-electron chi connectivity index (χ0n) is 19.0. The van der Waals surface area contributed by atoms with Crippen molar-refractivity contribution in [2.75, 3.05) is 38.2 Å². The summed E-state index contributed by atoms with van der Waals surface area (Å²) in [6, 6.07) is 9.69. The first kappa shape index (κ1) is 25.3. The number of benzene rings is 1. The van der Waals surface area contributed by atoms with E-state index in [9.17, 15) is 9.59 Å². The van der Waals surface area contributed by atoms with Crippen molar-refractivity contribution in [2.24, 2.45) is 0 Å². The molecule has 1 aromatic carbocycles. The monoisotopic (exact) mass is 451 g/mol. The Kier molecular flexibility index (Phi) is 10.5. The molecule has 0 aliphatic carbocycles. The highest BCUT2D eigenvalue weighted by atomic mass is 32.2. The SMILES string of the molecule is CCCCN1C(=O)C(CCSC)NC12CCN(C(=O)O)CC2.CCOc1ccccc1. The van der Waals surface area contributed by atoms with Gasteiger partial charge in [0.2, 0.25) is 5.91 Å². The molecule has 2 saturated heterocycles. The van der Waals surface area contributed by atoms with Gasteiger partial charge in [0.1, 0.15) is 5.75 Å². The van der Waals surface area contributed by atoms with Gasteiger partial charge in [0.15, 0.2) is 0 Å². The summed E-state index contributed by atoms with van der Waals surface area (Å²) in [4.78, 5) is 27.3. The molecule has 7 nitrogen and oxygen atoms in total. The Labute approximate surface area is 190 Å². The number of piperidine rings is 1. The van der Waals surface area contributed by atoms with Crippen LogP contribution in [0.15, 0.2) is 30.3 Å². The van der Waals surface area contributed by atoms with E-state index in [1.807, 2.05) is 42.2 Å². The van der Waals surface area contributed by atoms with E-state index in [0.29, 0.717) is 25.9 Å². The molecule has 31 heavy (non-hydrogen) atoms. The third-order valence-corrected chi connectivity index (χ3v) is 6.43. The van der Waals surface area contributed by atoms with Gasteiger partial charge in [0.05, 0.1) is 18.3 Å². The number of amides is 2. The maximum atomic E-state index is 12.7. The predicted octanol–water partition coefficient (Wildman–Crippen LogP) is 3.90. The summed E-state index contributed by atoms with van der Waals surface area (Å²) in [5.41, 5.74) is -0.332. The summed E-state index contributed by atoms with van der Waals surface area (Å²) < 4.78 is 5.21. The fourth-order valence-electron chi connectivity index (χ4n) is 4.10. The Hall–Kier alpha value is -1.93. The highest BCUT2D eigenvalue weighted by molar-refractivity contribution is 7.98. The van der Waals surface area contributed by atoms with E-state index in [1.165, 1.54) is 4.90 Å². The molecule has 2 heterocycles. The third kappa shape index (κ3) is 7.04. The van der Waals surface area contributed by atoms with Crippen LogP contribution in [0, 0.1) is 0 Å². The molecule has 1 unspecified atom stereocenters. The zero-order chi connectivity index (χ0) is 22.7. The van der Waals surface area contributed by atoms with Crippen molar-refractivity contribution in [3.8, 4) is 5.75 Å². The summed E-state index contributed by atoms with van der Waals surface area (Å²) >= 11 is 1.75. The highest BCUT2D eigenvalue weighted by Crippen LogP contribution is 2.33. The Balaban J connectivity index is 0.000000316. The van der Waals surface area contributed by atoms with E-state index in [1.54, 1.807) is 11.8 Å². The number of hydrogen-bond acceptors (Lipinski definition) is 5. The summed E-state index contributed by atoms with van der Waals surface area (Å²) in [5.74, 6) is 2.11. The molecule has 0 bridgehead atoms. The van der Waals surface area contributed by atoms with E-state index in [0.717, 1.165) is 43.9 Å². The molecule has 1 aromatic rings. The molecule has 2 amide bonds. The number of rotatable bonds is 8. The smallest absolute Gasteiger partial charge is 0.407 e. The van der Waals surface area contributed by atoms with Crippen molar-refractivity contribution >= 4 is 23.8 Å². The third-order valence-electron chi connectivity index (χ3n) is 5.78. The lowest BCUT2D eigenvalue weighted by molar-refractivity contribution is -0.133. The first-order valence-electron chi connectivity index (χ1n) is 11.2. The number of carbonyl (C=O) groups excluding carboxylic acids is 1. The number of carboxylic acid groups (broad SMARTS) is 1. The van der Waals surface area contributed by atoms with Crippen LogP contribution in [0.25, 0.3) is 0 Å². The lowest BCUT2D eigenvalue weighted by Crippen LogP contribution is -2.59. The molecule has 174 valence electrons. The van der Waals surface area contributed by atoms with Gasteiger partial charge in [-0.25, -0.2) is 4.79 Å². The minimum atomic E-state index is -0.863. The predicted molar refractivity (Wildman–Crippen MR) is 126 cm³/mol. The summed E-state index contributed by atoms with van der Waals surface area (Å²) in [6.45, 7) is 6.60. The lowest BCUT2D eigenvalue weighted by atomic mass is 9.96. The van der Waals surface area contributed by atoms with Gasteiger partial charge in [-0.1, -0.05) is 31.5 Å². The van der Waals surface area contributed by atoms with Gasteiger partial charge in [-0.15, -0.1) is 0 Å². The van der Waals surface area contributed by atoms with Crippen LogP contribution in [0.1, 0.15) is 46.0 Å². The normalized spacial score (nSPS) is 19.8. The minimum absolute atomic E-state index is 0.110. The second-order valence-electron chi connectivity index (χ2n) is 7.87. The number of hydrogen-bond donors (Lipinski definition) is 2. The first-order valence-corrected chi connectivity index (χ1v) is 12.6. The van der Waals surface area contributed by atoms with Gasteiger partial charge >= 0.3 is 6.09 Å². The van der Waals surface area contributed by atoms with Crippen molar-refractivity contribution in [1.29, 1.82) is 0 Å². The number of unbranched alkanes of at least 4 members (excludes halogenated alkanes) is 1. The number of likely N-dealkylation sites (tertiary alicyclic amines) is 1. The van der Waals surface area contributed by atoms with Crippen LogP contribution in [0.4, 0.5) is 4.79 Å². The molecule has 8 heteroatoms. The number of ether oxygens (including phenoxy) is 1. The molecule has 2 aliphatic heterocycles. The second-order valence-corrected chi connectivity index (χ2v) is 8.85. The van der Waals surface area contributed by atoms with Crippen LogP contribution in [0.3, 0.4) is 0 Å². The Morgan fingerprint density at radius 2 is 1.94 bits per heavy atom. The maximum absolute atomic E-state index is 12.7. The summed E-state index contributed by atoms with van der Waals surface area (Å²) in [5, 5.41) is 12.7. The van der Waals surface area contributed by atoms with E-state index >= 15 is 0 Å². The largest absolute Gasteiger partial charge is 0.494 e. The average molecular weight is 452 g/mol. The molecule has 2 fully saturated rings. The second kappa shape index (κ2) is 12.8. The Morgan fingerprint density at radius 3 is 2.48 bits per heavy atom. The van der Waals surface area contributed by atoms with E-state index in [-0.39, 0.29) is 17.6 Å². The number of nitrogens with one attached hydrogen (secondary N) is 1. The summed E-state index contributed by atoms with van der Waals surface area (Å²) in [7, 11) is 0. The first-order chi connectivity index (χ1) is 15.0. The topological polar surface area (TPSA) is 82.1 Å². The van der Waals surface area contributed by atoms with Gasteiger partial charge in [0.25, 0.3) is 0 Å². The van der Waals surface area contributed by atoms with Crippen molar-refractivity contribution in [1.82, 2.24) is 15.1 Å². The van der Waals surface area contributed by atoms with Crippen molar-refractivity contribution in [3.05, 3.63) is 30.3 Å². The van der Waals surface area contributed by atoms with E-state index < -0.39 is 6.09 Å². The molecule has 1 atom stereocenters. The fourth-order valence-corrected chi connectivity index (χ4v) is 4.57. The molecule has 0 radical (unpaired) electrons. The molecule has 1 spiro atoms. The van der Waals surface area contributed by atoms with Crippen LogP contribution >= 0.6 is 11.8 Å². The van der Waals surface area contributed by atoms with E-state index in [2.05, 4.69) is 18.5 Å². The number of thioether (sulfide) groups is 1. The van der Waals surface area contributed by atoms with Gasteiger partial charge in [0, 0.05) is 32.5 Å². The highest BCUT2D eigenvalue weighted by Gasteiger charge is 2.51. The van der Waals surface area contributed by atoms with Gasteiger partial charge in [-0.2, -0.15) is 11.8 Å². The maximum Gasteiger partial charge on any atom is 0.407 e. The molecular weight excluding hydrogens is 414 g/mol. The van der Waals surface area contributed by atoms with Crippen molar-refractivity contribution in [2.45, 2.75) is 57.7 Å². The zero-order valence-corrected chi connectivity index (χ0v) is 19.8. The fraction of sp³-hybridized carbons (Fsp3) is 0.652. The average Bonchev–Trinajstić information content (AvgIpc) is 3.03. The van der Waals surface area contributed by atoms with Crippen LogP contribution < -0.4 is 10.1 Å². The Morgan fingerprint density at radius 1 is 1.26 bits per heavy atom. The number of para-hydroxylation sites is 1. The number of carbonyl (C=O) groups is 2. The van der Waals surface area contributed by atoms with Crippen LogP contribution in [0.2, 0.25) is 0 Å². The van der Waals surface area contributed by atoms with Gasteiger partial charge in [-0.3, -0.25) is 10.1 Å². The molecule has 0 saturated carbocycles. The minimum Gasteiger partial charge on any atom is -0.494 e. The molecule has 2 aliphatic rings. The number of nitrogens with zero attached hydrogens (tertiary/aromatic N) is 2. The summed E-state index contributed by atoms with van der Waals surface area (Å²) in [6.07, 6.45) is 5.44. The standard InChI is InChI=1S/C15H27N3O3S.C8H10O/c1-3-4-8-18-13(19)12(5-11-22-2)16-15(18)6-9-17(10-7-15)14(20)21;1-2-9-8-6-4-3-5-7-8/h12,16H,3-11H2,1-2H3,(H,20,21);3-7H,2H2,1H3. The van der Waals surface area contributed by atoms with Crippen molar-refractivity contribution in [3.63, 3.8) is 0 Å².